The Labute approximate surface area is 144 Å². The van der Waals surface area contributed by atoms with Crippen LogP contribution < -0.4 is 10.3 Å². The van der Waals surface area contributed by atoms with E-state index in [1.165, 1.54) is 30.7 Å². The first-order valence-electron chi connectivity index (χ1n) is 7.92. The van der Waals surface area contributed by atoms with Gasteiger partial charge in [-0.05, 0) is 31.0 Å². The van der Waals surface area contributed by atoms with Crippen LogP contribution in [-0.4, -0.2) is 35.1 Å². The van der Waals surface area contributed by atoms with Crippen molar-refractivity contribution < 1.29 is 9.72 Å². The molecule has 1 aliphatic rings. The topological polar surface area (TPSA) is 101 Å². The maximum absolute atomic E-state index is 12.0. The molecule has 1 aromatic heterocycles. The molecule has 0 saturated carbocycles. The summed E-state index contributed by atoms with van der Waals surface area (Å²) in [6.45, 7) is 1.81. The first-order valence-corrected chi connectivity index (χ1v) is 7.92. The van der Waals surface area contributed by atoms with Crippen LogP contribution in [0.5, 0.6) is 0 Å². The van der Waals surface area contributed by atoms with E-state index in [-0.39, 0.29) is 11.6 Å². The van der Waals surface area contributed by atoms with Crippen LogP contribution in [0.2, 0.25) is 0 Å². The predicted octanol–water partition coefficient (Wildman–Crippen LogP) is 2.35. The van der Waals surface area contributed by atoms with Crippen molar-refractivity contribution in [3.05, 3.63) is 64.0 Å². The highest BCUT2D eigenvalue weighted by molar-refractivity contribution is 5.95. The SMILES string of the molecule is O=C(N/N=C/c1cc([N+](=O)[O-])ccc1N1CCCC1)c1ccncc1. The van der Waals surface area contributed by atoms with Crippen molar-refractivity contribution in [1.29, 1.82) is 0 Å². The van der Waals surface area contributed by atoms with E-state index in [0.717, 1.165) is 31.6 Å². The Bertz CT molecular complexity index is 801. The van der Waals surface area contributed by atoms with E-state index in [1.807, 2.05) is 0 Å². The number of nitro benzene ring substituents is 1. The number of rotatable bonds is 5. The molecule has 0 unspecified atom stereocenters. The van der Waals surface area contributed by atoms with E-state index in [0.29, 0.717) is 11.1 Å². The first-order chi connectivity index (χ1) is 12.1. The second-order valence-electron chi connectivity index (χ2n) is 5.63. The van der Waals surface area contributed by atoms with E-state index < -0.39 is 4.92 Å². The molecule has 0 radical (unpaired) electrons. The van der Waals surface area contributed by atoms with Crippen molar-refractivity contribution in [2.75, 3.05) is 18.0 Å². The number of anilines is 1. The molecule has 0 spiro atoms. The molecule has 1 amide bonds. The molecule has 2 aromatic rings. The zero-order valence-corrected chi connectivity index (χ0v) is 13.5. The number of hydrazone groups is 1. The monoisotopic (exact) mass is 339 g/mol. The smallest absolute Gasteiger partial charge is 0.271 e. The zero-order chi connectivity index (χ0) is 17.6. The lowest BCUT2D eigenvalue weighted by atomic mass is 10.1. The van der Waals surface area contributed by atoms with Gasteiger partial charge in [0.2, 0.25) is 0 Å². The molecular formula is C17H17N5O3. The highest BCUT2D eigenvalue weighted by atomic mass is 16.6. The Hall–Kier alpha value is -3.29. The van der Waals surface area contributed by atoms with Crippen LogP contribution in [0, 0.1) is 10.1 Å². The summed E-state index contributed by atoms with van der Waals surface area (Å²) in [7, 11) is 0. The quantitative estimate of drug-likeness (QED) is 0.512. The van der Waals surface area contributed by atoms with E-state index in [9.17, 15) is 14.9 Å². The number of hydrogen-bond donors (Lipinski definition) is 1. The average Bonchev–Trinajstić information content (AvgIpc) is 3.16. The van der Waals surface area contributed by atoms with Gasteiger partial charge in [0, 0.05) is 54.4 Å². The standard InChI is InChI=1S/C17H17N5O3/c23-17(13-5-7-18-8-6-13)20-19-12-14-11-15(22(24)25)3-4-16(14)21-9-1-2-10-21/h3-8,11-12H,1-2,9-10H2,(H,20,23)/b19-12+. The lowest BCUT2D eigenvalue weighted by Crippen LogP contribution is -2.20. The Morgan fingerprint density at radius 1 is 1.24 bits per heavy atom. The fraction of sp³-hybridized carbons (Fsp3) is 0.235. The molecule has 3 rings (SSSR count). The van der Waals surface area contributed by atoms with Crippen LogP contribution in [0.3, 0.4) is 0 Å². The van der Waals surface area contributed by atoms with Crippen molar-refractivity contribution in [3.63, 3.8) is 0 Å². The van der Waals surface area contributed by atoms with Gasteiger partial charge in [-0.3, -0.25) is 19.9 Å². The normalized spacial score (nSPS) is 14.0. The van der Waals surface area contributed by atoms with E-state index in [2.05, 4.69) is 20.4 Å². The van der Waals surface area contributed by atoms with Crippen molar-refractivity contribution >= 4 is 23.5 Å². The van der Waals surface area contributed by atoms with Gasteiger partial charge in [0.1, 0.15) is 0 Å². The maximum atomic E-state index is 12.0. The average molecular weight is 339 g/mol. The van der Waals surface area contributed by atoms with Gasteiger partial charge >= 0.3 is 0 Å². The van der Waals surface area contributed by atoms with Crippen LogP contribution in [0.15, 0.2) is 47.8 Å². The summed E-state index contributed by atoms with van der Waals surface area (Å²) in [5, 5.41) is 15.0. The van der Waals surface area contributed by atoms with E-state index >= 15 is 0 Å². The third-order valence-corrected chi connectivity index (χ3v) is 3.98. The second-order valence-corrected chi connectivity index (χ2v) is 5.63. The molecule has 128 valence electrons. The van der Waals surface area contributed by atoms with Crippen molar-refractivity contribution in [1.82, 2.24) is 10.4 Å². The number of benzene rings is 1. The molecular weight excluding hydrogens is 322 g/mol. The van der Waals surface area contributed by atoms with Crippen molar-refractivity contribution in [3.8, 4) is 0 Å². The van der Waals surface area contributed by atoms with Crippen LogP contribution in [0.25, 0.3) is 0 Å². The highest BCUT2D eigenvalue weighted by Crippen LogP contribution is 2.27. The minimum atomic E-state index is -0.444. The number of carbonyl (C=O) groups is 1. The first kappa shape index (κ1) is 16.6. The number of nitrogens with zero attached hydrogens (tertiary/aromatic N) is 4. The van der Waals surface area contributed by atoms with Crippen molar-refractivity contribution in [2.24, 2.45) is 5.10 Å². The van der Waals surface area contributed by atoms with Gasteiger partial charge < -0.3 is 4.90 Å². The number of pyridine rings is 1. The minimum Gasteiger partial charge on any atom is -0.371 e. The zero-order valence-electron chi connectivity index (χ0n) is 13.5. The fourth-order valence-corrected chi connectivity index (χ4v) is 2.73. The van der Waals surface area contributed by atoms with E-state index in [1.54, 1.807) is 18.2 Å². The number of non-ortho nitro benzene ring substituents is 1. The summed E-state index contributed by atoms with van der Waals surface area (Å²) in [5.74, 6) is -0.369. The summed E-state index contributed by atoms with van der Waals surface area (Å²) in [6, 6.07) is 7.84. The lowest BCUT2D eigenvalue weighted by Gasteiger charge is -2.19. The summed E-state index contributed by atoms with van der Waals surface area (Å²) in [4.78, 5) is 28.6. The van der Waals surface area contributed by atoms with Gasteiger partial charge in [0.25, 0.3) is 11.6 Å². The minimum absolute atomic E-state index is 0.00939. The third-order valence-electron chi connectivity index (χ3n) is 3.98. The van der Waals surface area contributed by atoms with Gasteiger partial charge in [0.15, 0.2) is 0 Å². The number of hydrogen-bond acceptors (Lipinski definition) is 6. The van der Waals surface area contributed by atoms with Gasteiger partial charge in [-0.15, -0.1) is 0 Å². The van der Waals surface area contributed by atoms with Gasteiger partial charge in [-0.1, -0.05) is 0 Å². The molecule has 0 atom stereocenters. The Balaban J connectivity index is 1.80. The van der Waals surface area contributed by atoms with Crippen molar-refractivity contribution in [2.45, 2.75) is 12.8 Å². The molecule has 1 aromatic carbocycles. The Morgan fingerprint density at radius 2 is 1.96 bits per heavy atom. The highest BCUT2D eigenvalue weighted by Gasteiger charge is 2.17. The largest absolute Gasteiger partial charge is 0.371 e. The molecule has 1 aliphatic heterocycles. The predicted molar refractivity (Wildman–Crippen MR) is 93.8 cm³/mol. The molecule has 1 fully saturated rings. The van der Waals surface area contributed by atoms with E-state index in [4.69, 9.17) is 0 Å². The molecule has 8 nitrogen and oxygen atoms in total. The number of aromatic nitrogens is 1. The van der Waals surface area contributed by atoms with Crippen LogP contribution in [0.1, 0.15) is 28.8 Å². The summed E-state index contributed by atoms with van der Waals surface area (Å²) < 4.78 is 0. The Morgan fingerprint density at radius 3 is 2.64 bits per heavy atom. The molecule has 8 heteroatoms. The molecule has 0 bridgehead atoms. The fourth-order valence-electron chi connectivity index (χ4n) is 2.73. The molecule has 2 heterocycles. The summed E-state index contributed by atoms with van der Waals surface area (Å²) >= 11 is 0. The van der Waals surface area contributed by atoms with Gasteiger partial charge in [0.05, 0.1) is 11.1 Å². The number of nitro groups is 1. The molecule has 1 saturated heterocycles. The van der Waals surface area contributed by atoms with Crippen LogP contribution in [0.4, 0.5) is 11.4 Å². The number of amides is 1. The summed E-state index contributed by atoms with van der Waals surface area (Å²) in [6.07, 6.45) is 6.66. The van der Waals surface area contributed by atoms with Gasteiger partial charge in [-0.25, -0.2) is 5.43 Å². The molecule has 0 aliphatic carbocycles. The Kier molecular flexibility index (Phi) is 4.98. The third kappa shape index (κ3) is 3.97. The maximum Gasteiger partial charge on any atom is 0.271 e. The summed E-state index contributed by atoms with van der Waals surface area (Å²) in [5.41, 5.74) is 4.34. The molecule has 1 N–H and O–H groups in total. The second kappa shape index (κ2) is 7.52. The number of carbonyl (C=O) groups excluding carboxylic acids is 1. The van der Waals surface area contributed by atoms with Crippen LogP contribution >= 0.6 is 0 Å². The number of nitrogens with one attached hydrogen (secondary N) is 1. The molecule has 25 heavy (non-hydrogen) atoms. The lowest BCUT2D eigenvalue weighted by molar-refractivity contribution is -0.384. The van der Waals surface area contributed by atoms with Crippen LogP contribution in [-0.2, 0) is 0 Å². The van der Waals surface area contributed by atoms with Gasteiger partial charge in [-0.2, -0.15) is 5.10 Å².